The number of rotatable bonds is 1. The Morgan fingerprint density at radius 2 is 2.43 bits per heavy atom. The van der Waals surface area contributed by atoms with Crippen LogP contribution in [0.4, 0.5) is 4.79 Å². The molecule has 1 unspecified atom stereocenters. The number of ether oxygens (including phenoxy) is 1. The van der Waals surface area contributed by atoms with Crippen LogP contribution in [0, 0.1) is 0 Å². The first-order valence-electron chi connectivity index (χ1n) is 4.54. The van der Waals surface area contributed by atoms with Crippen molar-refractivity contribution in [1.82, 2.24) is 10.2 Å². The summed E-state index contributed by atoms with van der Waals surface area (Å²) in [5.41, 5.74) is 0. The van der Waals surface area contributed by atoms with Crippen molar-refractivity contribution in [2.24, 2.45) is 0 Å². The molecule has 1 amide bonds. The van der Waals surface area contributed by atoms with E-state index in [2.05, 4.69) is 5.32 Å². The molecule has 1 rings (SSSR count). The SMILES string of the molecule is CCOC(=O)N1CCNCC(O)C1.Cl. The molecule has 14 heavy (non-hydrogen) atoms. The van der Waals surface area contributed by atoms with Crippen molar-refractivity contribution in [2.75, 3.05) is 32.8 Å². The first-order valence-corrected chi connectivity index (χ1v) is 4.54. The number of nitrogens with one attached hydrogen (secondary N) is 1. The summed E-state index contributed by atoms with van der Waals surface area (Å²) in [6, 6.07) is 0. The van der Waals surface area contributed by atoms with E-state index in [1.807, 2.05) is 0 Å². The van der Waals surface area contributed by atoms with Crippen LogP contribution in [0.1, 0.15) is 6.92 Å². The molecule has 1 aliphatic rings. The fourth-order valence-electron chi connectivity index (χ4n) is 1.27. The Balaban J connectivity index is 0.00000169. The summed E-state index contributed by atoms with van der Waals surface area (Å²) in [6.07, 6.45) is -0.836. The van der Waals surface area contributed by atoms with Gasteiger partial charge in [0.25, 0.3) is 0 Å². The zero-order valence-electron chi connectivity index (χ0n) is 8.23. The van der Waals surface area contributed by atoms with E-state index < -0.39 is 6.10 Å². The molecule has 1 atom stereocenters. The second-order valence-electron chi connectivity index (χ2n) is 3.00. The summed E-state index contributed by atoms with van der Waals surface area (Å²) < 4.78 is 4.83. The predicted molar refractivity (Wildman–Crippen MR) is 54.7 cm³/mol. The monoisotopic (exact) mass is 224 g/mol. The van der Waals surface area contributed by atoms with E-state index in [9.17, 15) is 9.90 Å². The van der Waals surface area contributed by atoms with Crippen LogP contribution >= 0.6 is 12.4 Å². The Hall–Kier alpha value is -0.520. The van der Waals surface area contributed by atoms with Crippen molar-refractivity contribution in [3.8, 4) is 0 Å². The minimum atomic E-state index is -0.494. The lowest BCUT2D eigenvalue weighted by atomic mass is 10.3. The lowest BCUT2D eigenvalue weighted by Gasteiger charge is -2.20. The maximum absolute atomic E-state index is 11.3. The molecule has 6 heteroatoms. The molecule has 0 saturated carbocycles. The largest absolute Gasteiger partial charge is 0.450 e. The minimum absolute atomic E-state index is 0. The first kappa shape index (κ1) is 13.5. The van der Waals surface area contributed by atoms with Crippen molar-refractivity contribution in [2.45, 2.75) is 13.0 Å². The highest BCUT2D eigenvalue weighted by Gasteiger charge is 2.20. The van der Waals surface area contributed by atoms with Gasteiger partial charge < -0.3 is 20.1 Å². The average molecular weight is 225 g/mol. The lowest BCUT2D eigenvalue weighted by Crippen LogP contribution is -2.38. The molecule has 1 fully saturated rings. The Kier molecular flexibility index (Phi) is 6.61. The zero-order chi connectivity index (χ0) is 9.68. The van der Waals surface area contributed by atoms with Crippen molar-refractivity contribution < 1.29 is 14.6 Å². The van der Waals surface area contributed by atoms with Gasteiger partial charge >= 0.3 is 6.09 Å². The molecule has 0 aliphatic carbocycles. The summed E-state index contributed by atoms with van der Waals surface area (Å²) in [4.78, 5) is 12.8. The summed E-state index contributed by atoms with van der Waals surface area (Å²) in [5, 5.41) is 12.4. The minimum Gasteiger partial charge on any atom is -0.450 e. The number of aliphatic hydroxyl groups excluding tert-OH is 1. The molecule has 0 aromatic carbocycles. The van der Waals surface area contributed by atoms with Gasteiger partial charge in [-0.05, 0) is 6.92 Å². The van der Waals surface area contributed by atoms with Gasteiger partial charge in [0, 0.05) is 19.6 Å². The topological polar surface area (TPSA) is 61.8 Å². The molecule has 0 spiro atoms. The van der Waals surface area contributed by atoms with Gasteiger partial charge in [0.2, 0.25) is 0 Å². The van der Waals surface area contributed by atoms with E-state index in [-0.39, 0.29) is 18.5 Å². The van der Waals surface area contributed by atoms with Crippen LogP contribution in [0.3, 0.4) is 0 Å². The Labute approximate surface area is 89.8 Å². The predicted octanol–water partition coefficient (Wildman–Crippen LogP) is -0.169. The first-order chi connectivity index (χ1) is 6.24. The third kappa shape index (κ3) is 4.13. The van der Waals surface area contributed by atoms with E-state index >= 15 is 0 Å². The van der Waals surface area contributed by atoms with Gasteiger partial charge in [-0.15, -0.1) is 12.4 Å². The molecule has 0 aromatic rings. The fourth-order valence-corrected chi connectivity index (χ4v) is 1.27. The normalized spacial score (nSPS) is 22.1. The van der Waals surface area contributed by atoms with Gasteiger partial charge in [0.15, 0.2) is 0 Å². The smallest absolute Gasteiger partial charge is 0.409 e. The second-order valence-corrected chi connectivity index (χ2v) is 3.00. The number of nitrogens with zero attached hydrogens (tertiary/aromatic N) is 1. The van der Waals surface area contributed by atoms with Gasteiger partial charge in [-0.3, -0.25) is 0 Å². The van der Waals surface area contributed by atoms with Crippen LogP contribution in [-0.4, -0.2) is 55.0 Å². The van der Waals surface area contributed by atoms with Gasteiger partial charge in [0.1, 0.15) is 0 Å². The Morgan fingerprint density at radius 1 is 1.71 bits per heavy atom. The number of hydrogen-bond acceptors (Lipinski definition) is 4. The van der Waals surface area contributed by atoms with E-state index in [1.54, 1.807) is 6.92 Å². The number of β-amino-alcohol motifs (C(OH)–C–C–N with tert-alkyl or cyclic N) is 1. The Bertz CT molecular complexity index is 180. The van der Waals surface area contributed by atoms with Crippen molar-refractivity contribution in [1.29, 1.82) is 0 Å². The zero-order valence-corrected chi connectivity index (χ0v) is 9.05. The van der Waals surface area contributed by atoms with Crippen LogP contribution in [0.15, 0.2) is 0 Å². The molecule has 2 N–H and O–H groups in total. The van der Waals surface area contributed by atoms with E-state index in [4.69, 9.17) is 4.74 Å². The molecule has 0 radical (unpaired) electrons. The number of carbonyl (C=O) groups excluding carboxylic acids is 1. The van der Waals surface area contributed by atoms with Crippen LogP contribution in [0.25, 0.3) is 0 Å². The summed E-state index contributed by atoms with van der Waals surface area (Å²) in [7, 11) is 0. The molecule has 84 valence electrons. The number of carbonyl (C=O) groups is 1. The summed E-state index contributed by atoms with van der Waals surface area (Å²) >= 11 is 0. The molecular weight excluding hydrogens is 208 g/mol. The highest BCUT2D eigenvalue weighted by atomic mass is 35.5. The molecule has 1 aliphatic heterocycles. The molecule has 0 bridgehead atoms. The van der Waals surface area contributed by atoms with Crippen molar-refractivity contribution in [3.63, 3.8) is 0 Å². The molecule has 1 saturated heterocycles. The lowest BCUT2D eigenvalue weighted by molar-refractivity contribution is 0.0857. The number of aliphatic hydroxyl groups is 1. The van der Waals surface area contributed by atoms with Crippen molar-refractivity contribution >= 4 is 18.5 Å². The molecule has 5 nitrogen and oxygen atoms in total. The molecular formula is C8H17ClN2O3. The van der Waals surface area contributed by atoms with Gasteiger partial charge in [-0.25, -0.2) is 4.79 Å². The third-order valence-corrected chi connectivity index (χ3v) is 1.90. The Morgan fingerprint density at radius 3 is 3.07 bits per heavy atom. The maximum atomic E-state index is 11.3. The van der Waals surface area contributed by atoms with E-state index in [1.165, 1.54) is 4.90 Å². The highest BCUT2D eigenvalue weighted by Crippen LogP contribution is 1.99. The van der Waals surface area contributed by atoms with Crippen LogP contribution in [0.2, 0.25) is 0 Å². The molecule has 0 aromatic heterocycles. The highest BCUT2D eigenvalue weighted by molar-refractivity contribution is 5.85. The van der Waals surface area contributed by atoms with Crippen LogP contribution in [-0.2, 0) is 4.74 Å². The van der Waals surface area contributed by atoms with Gasteiger partial charge in [-0.1, -0.05) is 0 Å². The number of amides is 1. The summed E-state index contributed by atoms with van der Waals surface area (Å²) in [5.74, 6) is 0. The number of hydrogen-bond donors (Lipinski definition) is 2. The summed E-state index contributed by atoms with van der Waals surface area (Å²) in [6.45, 7) is 4.33. The van der Waals surface area contributed by atoms with E-state index in [0.717, 1.165) is 0 Å². The average Bonchev–Trinajstić information content (AvgIpc) is 2.30. The van der Waals surface area contributed by atoms with Crippen molar-refractivity contribution in [3.05, 3.63) is 0 Å². The maximum Gasteiger partial charge on any atom is 0.409 e. The van der Waals surface area contributed by atoms with Crippen LogP contribution in [0.5, 0.6) is 0 Å². The van der Waals surface area contributed by atoms with Gasteiger partial charge in [-0.2, -0.15) is 0 Å². The number of halogens is 1. The van der Waals surface area contributed by atoms with E-state index in [0.29, 0.717) is 32.8 Å². The quantitative estimate of drug-likeness (QED) is 0.650. The molecule has 1 heterocycles. The second kappa shape index (κ2) is 6.86. The standard InChI is InChI=1S/C8H16N2O3.ClH/c1-2-13-8(12)10-4-3-9-5-7(11)6-10;/h7,9,11H,2-6H2,1H3;1H. The third-order valence-electron chi connectivity index (χ3n) is 1.90. The van der Waals surface area contributed by atoms with Gasteiger partial charge in [0.05, 0.1) is 19.3 Å². The van der Waals surface area contributed by atoms with Crippen LogP contribution < -0.4 is 5.32 Å². The fraction of sp³-hybridized carbons (Fsp3) is 0.875.